The van der Waals surface area contributed by atoms with Gasteiger partial charge in [-0.25, -0.2) is 0 Å². The molecule has 0 aliphatic heterocycles. The number of Topliss-reactive ketones (excluding diaryl/α,β-unsaturated/α-hetero) is 1. The summed E-state index contributed by atoms with van der Waals surface area (Å²) >= 11 is 12.7. The van der Waals surface area contributed by atoms with Gasteiger partial charge in [0, 0.05) is 0 Å². The van der Waals surface area contributed by atoms with Crippen molar-refractivity contribution in [2.75, 3.05) is 31.7 Å². The van der Waals surface area contributed by atoms with E-state index < -0.39 is 17.7 Å². The lowest BCUT2D eigenvalue weighted by atomic mass is 10.2. The molecule has 0 aliphatic rings. The van der Waals surface area contributed by atoms with Crippen molar-refractivity contribution in [2.45, 2.75) is 40.7 Å². The molecule has 2 aromatic carbocycles. The number of halogens is 2. The van der Waals surface area contributed by atoms with Crippen LogP contribution in [0.15, 0.2) is 34.5 Å². The molecular formula is C24H29Cl2N3O6. The molecule has 0 saturated carbocycles. The van der Waals surface area contributed by atoms with Gasteiger partial charge in [0.2, 0.25) is 6.04 Å². The summed E-state index contributed by atoms with van der Waals surface area (Å²) in [7, 11) is 0. The van der Waals surface area contributed by atoms with Crippen molar-refractivity contribution in [2.24, 2.45) is 10.2 Å². The van der Waals surface area contributed by atoms with Crippen LogP contribution in [-0.4, -0.2) is 44.2 Å². The van der Waals surface area contributed by atoms with Crippen molar-refractivity contribution in [1.29, 1.82) is 0 Å². The van der Waals surface area contributed by atoms with E-state index in [0.717, 1.165) is 0 Å². The van der Waals surface area contributed by atoms with Crippen LogP contribution < -0.4 is 24.3 Å². The van der Waals surface area contributed by atoms with Gasteiger partial charge in [-0.1, -0.05) is 23.2 Å². The Morgan fingerprint density at radius 1 is 0.857 bits per heavy atom. The summed E-state index contributed by atoms with van der Waals surface area (Å²) in [5.74, 6) is 0.131. The number of carbonyl (C=O) groups is 2. The molecule has 0 fully saturated rings. The fourth-order valence-electron chi connectivity index (χ4n) is 3.00. The highest BCUT2D eigenvalue weighted by molar-refractivity contribution is 6.35. The number of amides is 1. The number of nitrogens with one attached hydrogen (secondary N) is 1. The van der Waals surface area contributed by atoms with Gasteiger partial charge in [0.05, 0.1) is 31.5 Å². The molecule has 2 rings (SSSR count). The Morgan fingerprint density at radius 2 is 1.40 bits per heavy atom. The van der Waals surface area contributed by atoms with E-state index in [0.29, 0.717) is 43.7 Å². The first kappa shape index (κ1) is 28.2. The number of anilines is 1. The third-order valence-electron chi connectivity index (χ3n) is 4.45. The fraction of sp³-hybridized carbons (Fsp3) is 0.417. The summed E-state index contributed by atoms with van der Waals surface area (Å²) in [5, 5.41) is 11.0. The summed E-state index contributed by atoms with van der Waals surface area (Å²) in [6.45, 7) is 9.92. The zero-order valence-corrected chi connectivity index (χ0v) is 21.8. The lowest BCUT2D eigenvalue weighted by Gasteiger charge is -2.18. The Kier molecular flexibility index (Phi) is 11.1. The molecule has 11 heteroatoms. The molecule has 0 bridgehead atoms. The molecule has 35 heavy (non-hydrogen) atoms. The van der Waals surface area contributed by atoms with Crippen LogP contribution in [0.4, 0.5) is 11.4 Å². The van der Waals surface area contributed by atoms with E-state index in [1.165, 1.54) is 6.92 Å². The standard InChI is InChI=1S/C24H29Cl2N3O6/c1-6-32-17-13-11-16(19(26)22(17)34-8-3)28-29-20(14(5)30)24(31)27-21-15(25)10-12-18(33-7-2)23(21)35-9-4/h10-13,20H,6-9H2,1-5H3,(H,27,31). The fourth-order valence-corrected chi connectivity index (χ4v) is 3.44. The maximum Gasteiger partial charge on any atom is 0.258 e. The van der Waals surface area contributed by atoms with E-state index >= 15 is 0 Å². The van der Waals surface area contributed by atoms with Crippen molar-refractivity contribution in [3.05, 3.63) is 34.3 Å². The monoisotopic (exact) mass is 525 g/mol. The van der Waals surface area contributed by atoms with E-state index in [9.17, 15) is 9.59 Å². The Bertz CT molecular complexity index is 1080. The van der Waals surface area contributed by atoms with Crippen molar-refractivity contribution in [3.63, 3.8) is 0 Å². The molecular weight excluding hydrogens is 497 g/mol. The van der Waals surface area contributed by atoms with E-state index in [-0.39, 0.29) is 27.2 Å². The van der Waals surface area contributed by atoms with Crippen LogP contribution >= 0.6 is 23.2 Å². The maximum atomic E-state index is 13.0. The average molecular weight is 526 g/mol. The molecule has 1 unspecified atom stereocenters. The molecule has 1 N–H and O–H groups in total. The topological polar surface area (TPSA) is 108 Å². The molecule has 190 valence electrons. The zero-order chi connectivity index (χ0) is 26.0. The molecule has 0 radical (unpaired) electrons. The SMILES string of the molecule is CCOc1ccc(N=NC(C(C)=O)C(=O)Nc2c(Cl)ccc(OCC)c2OCC)c(Cl)c1OCC. The van der Waals surface area contributed by atoms with Crippen LogP contribution in [-0.2, 0) is 9.59 Å². The summed E-state index contributed by atoms with van der Waals surface area (Å²) in [4.78, 5) is 25.3. The maximum absolute atomic E-state index is 13.0. The smallest absolute Gasteiger partial charge is 0.258 e. The van der Waals surface area contributed by atoms with Crippen molar-refractivity contribution >= 4 is 46.3 Å². The summed E-state index contributed by atoms with van der Waals surface area (Å²) in [5.41, 5.74) is 0.382. The van der Waals surface area contributed by atoms with E-state index in [1.54, 1.807) is 38.1 Å². The highest BCUT2D eigenvalue weighted by atomic mass is 35.5. The van der Waals surface area contributed by atoms with E-state index in [4.69, 9.17) is 42.1 Å². The highest BCUT2D eigenvalue weighted by Gasteiger charge is 2.27. The minimum atomic E-state index is -1.46. The lowest BCUT2D eigenvalue weighted by Crippen LogP contribution is -2.32. The van der Waals surface area contributed by atoms with Crippen LogP contribution in [0.3, 0.4) is 0 Å². The number of hydrogen-bond acceptors (Lipinski definition) is 8. The third kappa shape index (κ3) is 7.22. The summed E-state index contributed by atoms with van der Waals surface area (Å²) in [6.07, 6.45) is 0. The Morgan fingerprint density at radius 3 is 1.97 bits per heavy atom. The van der Waals surface area contributed by atoms with Gasteiger partial charge in [0.25, 0.3) is 5.91 Å². The van der Waals surface area contributed by atoms with Crippen LogP contribution in [0.5, 0.6) is 23.0 Å². The number of ether oxygens (including phenoxy) is 4. The van der Waals surface area contributed by atoms with Crippen LogP contribution in [0.1, 0.15) is 34.6 Å². The molecule has 0 saturated heterocycles. The van der Waals surface area contributed by atoms with Gasteiger partial charge in [0.15, 0.2) is 28.8 Å². The molecule has 1 atom stereocenters. The number of ketones is 1. The zero-order valence-electron chi connectivity index (χ0n) is 20.3. The number of carbonyl (C=O) groups excluding carboxylic acids is 2. The first-order valence-electron chi connectivity index (χ1n) is 11.2. The number of hydrogen-bond donors (Lipinski definition) is 1. The second kappa shape index (κ2) is 13.7. The van der Waals surface area contributed by atoms with Gasteiger partial charge >= 0.3 is 0 Å². The molecule has 2 aromatic rings. The number of benzene rings is 2. The Hall–Kier alpha value is -3.04. The summed E-state index contributed by atoms with van der Waals surface area (Å²) < 4.78 is 22.3. The van der Waals surface area contributed by atoms with Gasteiger partial charge in [-0.15, -0.1) is 0 Å². The quantitative estimate of drug-likeness (QED) is 0.244. The minimum absolute atomic E-state index is 0.148. The summed E-state index contributed by atoms with van der Waals surface area (Å²) in [6, 6.07) is 4.92. The second-order valence-corrected chi connectivity index (χ2v) is 7.71. The number of rotatable bonds is 13. The largest absolute Gasteiger partial charge is 0.490 e. The van der Waals surface area contributed by atoms with Crippen LogP contribution in [0.25, 0.3) is 0 Å². The molecule has 0 spiro atoms. The molecule has 0 heterocycles. The predicted molar refractivity (Wildman–Crippen MR) is 135 cm³/mol. The van der Waals surface area contributed by atoms with E-state index in [2.05, 4.69) is 15.5 Å². The normalized spacial score (nSPS) is 11.7. The second-order valence-electron chi connectivity index (χ2n) is 6.93. The van der Waals surface area contributed by atoms with Crippen molar-refractivity contribution < 1.29 is 28.5 Å². The lowest BCUT2D eigenvalue weighted by molar-refractivity contribution is -0.126. The first-order chi connectivity index (χ1) is 16.8. The van der Waals surface area contributed by atoms with Crippen LogP contribution in [0, 0.1) is 0 Å². The molecule has 0 aliphatic carbocycles. The van der Waals surface area contributed by atoms with E-state index in [1.807, 2.05) is 13.8 Å². The minimum Gasteiger partial charge on any atom is -0.490 e. The first-order valence-corrected chi connectivity index (χ1v) is 11.9. The average Bonchev–Trinajstić information content (AvgIpc) is 2.81. The highest BCUT2D eigenvalue weighted by Crippen LogP contribution is 2.43. The van der Waals surface area contributed by atoms with Crippen molar-refractivity contribution in [3.8, 4) is 23.0 Å². The Labute approximate surface area is 214 Å². The Balaban J connectivity index is 2.38. The van der Waals surface area contributed by atoms with Gasteiger partial charge in [-0.05, 0) is 58.9 Å². The number of azo groups is 1. The van der Waals surface area contributed by atoms with Gasteiger partial charge in [-0.2, -0.15) is 10.2 Å². The van der Waals surface area contributed by atoms with Gasteiger partial charge < -0.3 is 24.3 Å². The predicted octanol–water partition coefficient (Wildman–Crippen LogP) is 6.27. The van der Waals surface area contributed by atoms with Gasteiger partial charge in [0.1, 0.15) is 16.4 Å². The van der Waals surface area contributed by atoms with Crippen LogP contribution in [0.2, 0.25) is 10.0 Å². The molecule has 1 amide bonds. The molecule has 9 nitrogen and oxygen atoms in total. The third-order valence-corrected chi connectivity index (χ3v) is 5.13. The van der Waals surface area contributed by atoms with Gasteiger partial charge in [-0.3, -0.25) is 9.59 Å². The van der Waals surface area contributed by atoms with Crippen molar-refractivity contribution in [1.82, 2.24) is 0 Å². The molecule has 0 aromatic heterocycles. The number of nitrogens with zero attached hydrogens (tertiary/aromatic N) is 2.